The highest BCUT2D eigenvalue weighted by molar-refractivity contribution is 5.75. The van der Waals surface area contributed by atoms with E-state index in [4.69, 9.17) is 10.3 Å². The lowest BCUT2D eigenvalue weighted by molar-refractivity contribution is -0.130. The van der Waals surface area contributed by atoms with Crippen molar-refractivity contribution in [2.75, 3.05) is 7.05 Å². The number of benzene rings is 1. The van der Waals surface area contributed by atoms with Gasteiger partial charge in [-0.05, 0) is 18.9 Å². The standard InChI is InChI=1S/C16H21N3O2/c1-12-10-14(18-21-12)11-19(2)16(20)9-8-15(17)13-6-4-3-5-7-13/h3-7,10,15H,8-9,11,17H2,1-2H3. The molecular weight excluding hydrogens is 266 g/mol. The molecule has 0 fully saturated rings. The number of hydrogen-bond acceptors (Lipinski definition) is 4. The van der Waals surface area contributed by atoms with Crippen LogP contribution >= 0.6 is 0 Å². The molecule has 1 heterocycles. The number of carbonyl (C=O) groups is 1. The smallest absolute Gasteiger partial charge is 0.222 e. The van der Waals surface area contributed by atoms with Gasteiger partial charge in [0.2, 0.25) is 5.91 Å². The summed E-state index contributed by atoms with van der Waals surface area (Å²) in [5, 5.41) is 3.89. The minimum Gasteiger partial charge on any atom is -0.361 e. The zero-order valence-corrected chi connectivity index (χ0v) is 12.5. The van der Waals surface area contributed by atoms with Gasteiger partial charge in [0.15, 0.2) is 0 Å². The summed E-state index contributed by atoms with van der Waals surface area (Å²) in [7, 11) is 1.76. The van der Waals surface area contributed by atoms with Gasteiger partial charge in [-0.2, -0.15) is 0 Å². The highest BCUT2D eigenvalue weighted by Gasteiger charge is 2.14. The molecule has 0 radical (unpaired) electrons. The number of hydrogen-bond donors (Lipinski definition) is 1. The van der Waals surface area contributed by atoms with Crippen molar-refractivity contribution in [3.05, 3.63) is 53.4 Å². The average molecular weight is 287 g/mol. The fourth-order valence-electron chi connectivity index (χ4n) is 2.16. The molecule has 1 aromatic carbocycles. The summed E-state index contributed by atoms with van der Waals surface area (Å²) < 4.78 is 4.99. The Morgan fingerprint density at radius 1 is 1.38 bits per heavy atom. The molecule has 1 unspecified atom stereocenters. The minimum atomic E-state index is -0.113. The first-order valence-corrected chi connectivity index (χ1v) is 7.03. The molecule has 2 aromatic rings. The summed E-state index contributed by atoms with van der Waals surface area (Å²) in [4.78, 5) is 13.7. The molecule has 0 bridgehead atoms. The first-order chi connectivity index (χ1) is 10.1. The monoisotopic (exact) mass is 287 g/mol. The van der Waals surface area contributed by atoms with Gasteiger partial charge in [0, 0.05) is 25.6 Å². The quantitative estimate of drug-likeness (QED) is 0.885. The normalized spacial score (nSPS) is 12.1. The Hall–Kier alpha value is -2.14. The number of aromatic nitrogens is 1. The van der Waals surface area contributed by atoms with E-state index in [1.165, 1.54) is 0 Å². The molecule has 21 heavy (non-hydrogen) atoms. The van der Waals surface area contributed by atoms with E-state index < -0.39 is 0 Å². The lowest BCUT2D eigenvalue weighted by Crippen LogP contribution is -2.27. The zero-order valence-electron chi connectivity index (χ0n) is 12.5. The second-order valence-corrected chi connectivity index (χ2v) is 5.23. The van der Waals surface area contributed by atoms with Gasteiger partial charge in [-0.3, -0.25) is 4.79 Å². The first-order valence-electron chi connectivity index (χ1n) is 7.03. The number of amides is 1. The maximum absolute atomic E-state index is 12.1. The van der Waals surface area contributed by atoms with E-state index in [1.807, 2.05) is 43.3 Å². The van der Waals surface area contributed by atoms with E-state index in [9.17, 15) is 4.79 Å². The lowest BCUT2D eigenvalue weighted by Gasteiger charge is -2.17. The SMILES string of the molecule is Cc1cc(CN(C)C(=O)CCC(N)c2ccccc2)no1. The van der Waals surface area contributed by atoms with Crippen molar-refractivity contribution >= 4 is 5.91 Å². The van der Waals surface area contributed by atoms with Gasteiger partial charge >= 0.3 is 0 Å². The maximum atomic E-state index is 12.1. The third-order valence-electron chi connectivity index (χ3n) is 3.40. The van der Waals surface area contributed by atoms with Gasteiger partial charge in [0.25, 0.3) is 0 Å². The van der Waals surface area contributed by atoms with Gasteiger partial charge in [-0.1, -0.05) is 35.5 Å². The van der Waals surface area contributed by atoms with Crippen LogP contribution in [0.2, 0.25) is 0 Å². The van der Waals surface area contributed by atoms with E-state index in [0.717, 1.165) is 17.0 Å². The largest absolute Gasteiger partial charge is 0.361 e. The van der Waals surface area contributed by atoms with Crippen molar-refractivity contribution in [1.82, 2.24) is 10.1 Å². The number of nitrogens with two attached hydrogens (primary N) is 1. The van der Waals surface area contributed by atoms with Crippen LogP contribution in [0.3, 0.4) is 0 Å². The number of rotatable bonds is 6. The van der Waals surface area contributed by atoms with Crippen molar-refractivity contribution in [3.8, 4) is 0 Å². The predicted molar refractivity (Wildman–Crippen MR) is 80.3 cm³/mol. The van der Waals surface area contributed by atoms with Crippen LogP contribution in [0, 0.1) is 6.92 Å². The molecule has 1 amide bonds. The van der Waals surface area contributed by atoms with Crippen molar-refractivity contribution in [3.63, 3.8) is 0 Å². The topological polar surface area (TPSA) is 72.4 Å². The zero-order chi connectivity index (χ0) is 15.2. The molecule has 112 valence electrons. The van der Waals surface area contributed by atoms with Gasteiger partial charge in [0.1, 0.15) is 11.5 Å². The van der Waals surface area contributed by atoms with E-state index in [1.54, 1.807) is 11.9 Å². The fourth-order valence-corrected chi connectivity index (χ4v) is 2.16. The van der Waals surface area contributed by atoms with Crippen LogP contribution in [0.25, 0.3) is 0 Å². The van der Waals surface area contributed by atoms with Crippen LogP contribution in [-0.4, -0.2) is 23.0 Å². The Bertz CT molecular complexity index is 580. The molecule has 2 rings (SSSR count). The molecule has 0 spiro atoms. The first kappa shape index (κ1) is 15.3. The van der Waals surface area contributed by atoms with Gasteiger partial charge in [0.05, 0.1) is 6.54 Å². The van der Waals surface area contributed by atoms with Crippen molar-refractivity contribution < 1.29 is 9.32 Å². The highest BCUT2D eigenvalue weighted by Crippen LogP contribution is 2.16. The number of carbonyl (C=O) groups excluding carboxylic acids is 1. The molecule has 1 aromatic heterocycles. The molecule has 1 atom stereocenters. The van der Waals surface area contributed by atoms with Crippen LogP contribution in [0.1, 0.15) is 35.9 Å². The summed E-state index contributed by atoms with van der Waals surface area (Å²) in [6.07, 6.45) is 1.05. The summed E-state index contributed by atoms with van der Waals surface area (Å²) in [6, 6.07) is 11.5. The Kier molecular flexibility index (Phi) is 5.11. The third kappa shape index (κ3) is 4.43. The lowest BCUT2D eigenvalue weighted by atomic mass is 10.0. The second-order valence-electron chi connectivity index (χ2n) is 5.23. The molecule has 0 saturated heterocycles. The van der Waals surface area contributed by atoms with Crippen LogP contribution in [0.5, 0.6) is 0 Å². The van der Waals surface area contributed by atoms with E-state index in [0.29, 0.717) is 19.4 Å². The van der Waals surface area contributed by atoms with Gasteiger partial charge in [-0.25, -0.2) is 0 Å². The Labute approximate surface area is 124 Å². The molecule has 0 aliphatic rings. The molecule has 2 N–H and O–H groups in total. The molecular formula is C16H21N3O2. The Balaban J connectivity index is 1.81. The molecule has 5 nitrogen and oxygen atoms in total. The average Bonchev–Trinajstić information content (AvgIpc) is 2.90. The van der Waals surface area contributed by atoms with Crippen LogP contribution in [0.4, 0.5) is 0 Å². The maximum Gasteiger partial charge on any atom is 0.222 e. The summed E-state index contributed by atoms with van der Waals surface area (Å²) in [5.74, 6) is 0.805. The highest BCUT2D eigenvalue weighted by atomic mass is 16.5. The summed E-state index contributed by atoms with van der Waals surface area (Å²) in [6.45, 7) is 2.29. The van der Waals surface area contributed by atoms with E-state index >= 15 is 0 Å². The minimum absolute atomic E-state index is 0.0574. The van der Waals surface area contributed by atoms with E-state index in [-0.39, 0.29) is 11.9 Å². The number of aryl methyl sites for hydroxylation is 1. The van der Waals surface area contributed by atoms with Gasteiger partial charge in [-0.15, -0.1) is 0 Å². The molecule has 0 aliphatic heterocycles. The summed E-state index contributed by atoms with van der Waals surface area (Å²) >= 11 is 0. The van der Waals surface area contributed by atoms with Crippen LogP contribution in [0.15, 0.2) is 40.9 Å². The molecule has 0 saturated carbocycles. The fraction of sp³-hybridized carbons (Fsp3) is 0.375. The van der Waals surface area contributed by atoms with Crippen molar-refractivity contribution in [2.24, 2.45) is 5.73 Å². The van der Waals surface area contributed by atoms with Crippen LogP contribution < -0.4 is 5.73 Å². The van der Waals surface area contributed by atoms with Crippen LogP contribution in [-0.2, 0) is 11.3 Å². The Morgan fingerprint density at radius 3 is 2.71 bits per heavy atom. The molecule has 0 aliphatic carbocycles. The van der Waals surface area contributed by atoms with Crippen molar-refractivity contribution in [1.29, 1.82) is 0 Å². The number of nitrogens with zero attached hydrogens (tertiary/aromatic N) is 2. The second kappa shape index (κ2) is 7.04. The van der Waals surface area contributed by atoms with Gasteiger partial charge < -0.3 is 15.2 Å². The Morgan fingerprint density at radius 2 is 2.10 bits per heavy atom. The van der Waals surface area contributed by atoms with E-state index in [2.05, 4.69) is 5.16 Å². The van der Waals surface area contributed by atoms with Crippen molar-refractivity contribution in [2.45, 2.75) is 32.4 Å². The predicted octanol–water partition coefficient (Wildman–Crippen LogP) is 2.42. The third-order valence-corrected chi connectivity index (χ3v) is 3.40. The summed E-state index contributed by atoms with van der Waals surface area (Å²) in [5.41, 5.74) is 7.92. The molecule has 5 heteroatoms.